The number of hydrogen-bond acceptors (Lipinski definition) is 8. The van der Waals surface area contributed by atoms with Crippen molar-refractivity contribution >= 4 is 23.7 Å². The molecule has 8 heteroatoms. The van der Waals surface area contributed by atoms with Crippen LogP contribution in [0.3, 0.4) is 0 Å². The molecule has 0 heterocycles. The maximum atomic E-state index is 12.0. The summed E-state index contributed by atoms with van der Waals surface area (Å²) in [5.41, 5.74) is 0.870. The number of carbonyl (C=O) groups excluding carboxylic acids is 4. The molecule has 1 aromatic carbocycles. The molecule has 1 aromatic rings. The summed E-state index contributed by atoms with van der Waals surface area (Å²) in [6.45, 7) is 2.94. The number of ether oxygens (including phenoxy) is 3. The van der Waals surface area contributed by atoms with Gasteiger partial charge in [-0.2, -0.15) is 0 Å². The van der Waals surface area contributed by atoms with Crippen LogP contribution in [0, 0.1) is 0 Å². The van der Waals surface area contributed by atoms with E-state index in [4.69, 9.17) is 14.2 Å². The van der Waals surface area contributed by atoms with E-state index < -0.39 is 29.8 Å². The number of nitrogens with one attached hydrogen (secondary N) is 1. The van der Waals surface area contributed by atoms with E-state index in [1.807, 2.05) is 30.3 Å². The van der Waals surface area contributed by atoms with Gasteiger partial charge in [0.1, 0.15) is 6.61 Å². The van der Waals surface area contributed by atoms with Crippen LogP contribution >= 0.6 is 0 Å². The van der Waals surface area contributed by atoms with Crippen molar-refractivity contribution < 1.29 is 33.4 Å². The standard InChI is InChI=1S/C18H23NO7/c1-3-24-18(23)17(26-13(2)20)15(21)9-10-19-11-16(22)25-12-14-7-5-4-6-8-14/h4-8,17,19H,3,9-12H2,1-2H3. The van der Waals surface area contributed by atoms with Crippen molar-refractivity contribution in [3.8, 4) is 0 Å². The molecule has 0 bridgehead atoms. The number of esters is 3. The molecular formula is C18H23NO7. The fourth-order valence-electron chi connectivity index (χ4n) is 1.95. The monoisotopic (exact) mass is 365 g/mol. The number of benzene rings is 1. The Kier molecular flexibility index (Phi) is 9.63. The zero-order valence-electron chi connectivity index (χ0n) is 14.9. The van der Waals surface area contributed by atoms with Crippen LogP contribution in [0.2, 0.25) is 0 Å². The second kappa shape index (κ2) is 11.8. The minimum atomic E-state index is -1.58. The van der Waals surface area contributed by atoms with E-state index >= 15 is 0 Å². The summed E-state index contributed by atoms with van der Waals surface area (Å²) in [4.78, 5) is 46.3. The predicted molar refractivity (Wildman–Crippen MR) is 90.9 cm³/mol. The fraction of sp³-hybridized carbons (Fsp3) is 0.444. The lowest BCUT2D eigenvalue weighted by Crippen LogP contribution is -2.38. The smallest absolute Gasteiger partial charge is 0.355 e. The van der Waals surface area contributed by atoms with Crippen molar-refractivity contribution in [1.82, 2.24) is 5.32 Å². The first-order chi connectivity index (χ1) is 12.4. The van der Waals surface area contributed by atoms with Gasteiger partial charge in [-0.15, -0.1) is 0 Å². The van der Waals surface area contributed by atoms with Crippen LogP contribution in [0.4, 0.5) is 0 Å². The topological polar surface area (TPSA) is 108 Å². The lowest BCUT2D eigenvalue weighted by atomic mass is 10.1. The molecule has 0 radical (unpaired) electrons. The Hall–Kier alpha value is -2.74. The van der Waals surface area contributed by atoms with E-state index in [9.17, 15) is 19.2 Å². The summed E-state index contributed by atoms with van der Waals surface area (Å²) >= 11 is 0. The predicted octanol–water partition coefficient (Wildman–Crippen LogP) is 0.773. The lowest BCUT2D eigenvalue weighted by molar-refractivity contribution is -0.170. The summed E-state index contributed by atoms with van der Waals surface area (Å²) < 4.78 is 14.5. The van der Waals surface area contributed by atoms with Crippen LogP contribution in [0.15, 0.2) is 30.3 Å². The third kappa shape index (κ3) is 8.39. The summed E-state index contributed by atoms with van der Waals surface area (Å²) in [5, 5.41) is 2.74. The number of Topliss-reactive ketones (excluding diaryl/α,β-unsaturated/α-hetero) is 1. The van der Waals surface area contributed by atoms with Gasteiger partial charge >= 0.3 is 17.9 Å². The van der Waals surface area contributed by atoms with Gasteiger partial charge in [0.25, 0.3) is 6.10 Å². The van der Waals surface area contributed by atoms with Gasteiger partial charge in [0.15, 0.2) is 5.78 Å². The Morgan fingerprint density at radius 1 is 1.08 bits per heavy atom. The van der Waals surface area contributed by atoms with Gasteiger partial charge in [-0.3, -0.25) is 14.4 Å². The highest BCUT2D eigenvalue weighted by Gasteiger charge is 2.30. The van der Waals surface area contributed by atoms with E-state index in [1.165, 1.54) is 0 Å². The summed E-state index contributed by atoms with van der Waals surface area (Å²) in [7, 11) is 0. The minimum Gasteiger partial charge on any atom is -0.463 e. The minimum absolute atomic E-state index is 0.0649. The third-order valence-corrected chi connectivity index (χ3v) is 3.14. The molecule has 8 nitrogen and oxygen atoms in total. The average molecular weight is 365 g/mol. The first-order valence-corrected chi connectivity index (χ1v) is 8.20. The van der Waals surface area contributed by atoms with Gasteiger partial charge in [-0.1, -0.05) is 30.3 Å². The highest BCUT2D eigenvalue weighted by Crippen LogP contribution is 2.03. The molecular weight excluding hydrogens is 342 g/mol. The van der Waals surface area contributed by atoms with Gasteiger partial charge in [-0.05, 0) is 12.5 Å². The molecule has 0 spiro atoms. The molecule has 0 aliphatic heterocycles. The molecule has 0 amide bonds. The van der Waals surface area contributed by atoms with Crippen LogP contribution in [0.1, 0.15) is 25.8 Å². The van der Waals surface area contributed by atoms with Crippen molar-refractivity contribution in [2.75, 3.05) is 19.7 Å². The molecule has 1 atom stereocenters. The summed E-state index contributed by atoms with van der Waals surface area (Å²) in [6, 6.07) is 9.23. The van der Waals surface area contributed by atoms with Gasteiger partial charge in [0.2, 0.25) is 0 Å². The van der Waals surface area contributed by atoms with E-state index in [-0.39, 0.29) is 32.7 Å². The van der Waals surface area contributed by atoms with Crippen molar-refractivity contribution in [3.63, 3.8) is 0 Å². The SMILES string of the molecule is CCOC(=O)C(OC(C)=O)C(=O)CCNCC(=O)OCc1ccccc1. The molecule has 142 valence electrons. The molecule has 1 N–H and O–H groups in total. The first kappa shape index (κ1) is 21.3. The molecule has 0 fully saturated rings. The molecule has 0 aliphatic carbocycles. The molecule has 0 saturated heterocycles. The maximum Gasteiger partial charge on any atom is 0.355 e. The Morgan fingerprint density at radius 3 is 2.38 bits per heavy atom. The molecule has 26 heavy (non-hydrogen) atoms. The molecule has 1 rings (SSSR count). The summed E-state index contributed by atoms with van der Waals surface area (Å²) in [6.07, 6.45) is -1.69. The molecule has 0 saturated carbocycles. The normalized spacial score (nSPS) is 11.3. The zero-order valence-corrected chi connectivity index (χ0v) is 14.9. The number of carbonyl (C=O) groups is 4. The van der Waals surface area contributed by atoms with Gasteiger partial charge in [-0.25, -0.2) is 4.79 Å². The van der Waals surface area contributed by atoms with Gasteiger partial charge < -0.3 is 19.5 Å². The molecule has 0 aliphatic rings. The van der Waals surface area contributed by atoms with Crippen molar-refractivity contribution in [1.29, 1.82) is 0 Å². The van der Waals surface area contributed by atoms with Crippen LogP contribution < -0.4 is 5.32 Å². The van der Waals surface area contributed by atoms with E-state index in [1.54, 1.807) is 6.92 Å². The average Bonchev–Trinajstić information content (AvgIpc) is 2.62. The highest BCUT2D eigenvalue weighted by molar-refractivity contribution is 6.03. The number of ketones is 1. The molecule has 1 unspecified atom stereocenters. The molecule has 0 aromatic heterocycles. The fourth-order valence-corrected chi connectivity index (χ4v) is 1.95. The zero-order chi connectivity index (χ0) is 19.4. The van der Waals surface area contributed by atoms with Crippen molar-refractivity contribution in [2.45, 2.75) is 33.0 Å². The quantitative estimate of drug-likeness (QED) is 0.265. The van der Waals surface area contributed by atoms with E-state index in [0.717, 1.165) is 12.5 Å². The van der Waals surface area contributed by atoms with E-state index in [0.29, 0.717) is 0 Å². The Balaban J connectivity index is 2.31. The van der Waals surface area contributed by atoms with E-state index in [2.05, 4.69) is 5.32 Å². The van der Waals surface area contributed by atoms with Gasteiger partial charge in [0.05, 0.1) is 13.2 Å². The second-order valence-electron chi connectivity index (χ2n) is 5.28. The Labute approximate surface area is 151 Å². The van der Waals surface area contributed by atoms with Crippen LogP contribution in [-0.2, 0) is 40.0 Å². The number of hydrogen-bond donors (Lipinski definition) is 1. The first-order valence-electron chi connectivity index (χ1n) is 8.20. The highest BCUT2D eigenvalue weighted by atomic mass is 16.6. The van der Waals surface area contributed by atoms with Crippen molar-refractivity contribution in [2.24, 2.45) is 0 Å². The number of rotatable bonds is 11. The second-order valence-corrected chi connectivity index (χ2v) is 5.28. The van der Waals surface area contributed by atoms with Crippen molar-refractivity contribution in [3.05, 3.63) is 35.9 Å². The van der Waals surface area contributed by atoms with Gasteiger partial charge in [0, 0.05) is 19.9 Å². The Bertz CT molecular complexity index is 615. The largest absolute Gasteiger partial charge is 0.463 e. The third-order valence-electron chi connectivity index (χ3n) is 3.14. The maximum absolute atomic E-state index is 12.0. The Morgan fingerprint density at radius 2 is 1.77 bits per heavy atom. The van der Waals surface area contributed by atoms with Crippen LogP contribution in [0.5, 0.6) is 0 Å². The summed E-state index contributed by atoms with van der Waals surface area (Å²) in [5.74, 6) is -2.74. The lowest BCUT2D eigenvalue weighted by Gasteiger charge is -2.14. The van der Waals surface area contributed by atoms with Crippen LogP contribution in [-0.4, -0.2) is 49.5 Å². The van der Waals surface area contributed by atoms with Crippen LogP contribution in [0.25, 0.3) is 0 Å².